The molecule has 1 fully saturated rings. The fourth-order valence-corrected chi connectivity index (χ4v) is 2.82. The fourth-order valence-electron chi connectivity index (χ4n) is 2.38. The van der Waals surface area contributed by atoms with Crippen molar-refractivity contribution < 1.29 is 0 Å². The first-order valence-corrected chi connectivity index (χ1v) is 5.38. The van der Waals surface area contributed by atoms with Crippen LogP contribution in [0, 0.1) is 11.3 Å². The van der Waals surface area contributed by atoms with Crippen LogP contribution in [0.2, 0.25) is 0 Å². The number of rotatable bonds is 5. The largest absolute Gasteiger partial charge is 0.126 e. The van der Waals surface area contributed by atoms with Crippen LogP contribution < -0.4 is 0 Å². The van der Waals surface area contributed by atoms with E-state index in [2.05, 4.69) is 13.8 Å². The summed E-state index contributed by atoms with van der Waals surface area (Å²) in [4.78, 5) is 0. The maximum Gasteiger partial charge on any atom is 0.0257 e. The van der Waals surface area contributed by atoms with Crippen molar-refractivity contribution >= 4 is 11.6 Å². The summed E-state index contributed by atoms with van der Waals surface area (Å²) in [5.74, 6) is 1.74. The minimum atomic E-state index is 0.686. The fraction of sp³-hybridized carbons (Fsp3) is 1.00. The van der Waals surface area contributed by atoms with E-state index < -0.39 is 0 Å². The van der Waals surface area contributed by atoms with Crippen molar-refractivity contribution in [3.8, 4) is 0 Å². The van der Waals surface area contributed by atoms with Crippen molar-refractivity contribution in [3.05, 3.63) is 0 Å². The van der Waals surface area contributed by atoms with Crippen molar-refractivity contribution in [1.29, 1.82) is 0 Å². The van der Waals surface area contributed by atoms with Crippen molar-refractivity contribution in [3.63, 3.8) is 0 Å². The predicted molar refractivity (Wildman–Crippen MR) is 51.1 cm³/mol. The lowest BCUT2D eigenvalue weighted by Crippen LogP contribution is -2.04. The molecule has 0 aliphatic heterocycles. The molecule has 0 N–H and O–H groups in total. The van der Waals surface area contributed by atoms with Gasteiger partial charge in [-0.25, -0.2) is 0 Å². The zero-order valence-electron chi connectivity index (χ0n) is 7.70. The van der Waals surface area contributed by atoms with Crippen LogP contribution in [0.15, 0.2) is 0 Å². The van der Waals surface area contributed by atoms with Gasteiger partial charge in [0.1, 0.15) is 0 Å². The quantitative estimate of drug-likeness (QED) is 0.556. The highest BCUT2D eigenvalue weighted by atomic mass is 35.5. The van der Waals surface area contributed by atoms with E-state index in [0.29, 0.717) is 5.41 Å². The monoisotopic (exact) mass is 174 g/mol. The highest BCUT2D eigenvalue weighted by Gasteiger charge is 2.50. The molecule has 0 spiro atoms. The molecule has 1 heteroatoms. The molecule has 0 aromatic heterocycles. The van der Waals surface area contributed by atoms with Gasteiger partial charge in [-0.05, 0) is 30.6 Å². The molecule has 1 saturated carbocycles. The minimum absolute atomic E-state index is 0.686. The Morgan fingerprint density at radius 3 is 2.09 bits per heavy atom. The summed E-state index contributed by atoms with van der Waals surface area (Å²) in [7, 11) is 0. The standard InChI is InChI=1S/C10H19Cl/c1-3-5-10(6-4-2)7-9(10)8-11/h9H,3-8H2,1-2H3. The molecule has 1 rings (SSSR count). The molecule has 0 heterocycles. The van der Waals surface area contributed by atoms with Crippen LogP contribution in [0.1, 0.15) is 46.0 Å². The highest BCUT2D eigenvalue weighted by molar-refractivity contribution is 6.18. The molecular weight excluding hydrogens is 156 g/mol. The molecule has 1 aliphatic rings. The van der Waals surface area contributed by atoms with E-state index in [4.69, 9.17) is 11.6 Å². The smallest absolute Gasteiger partial charge is 0.0257 e. The van der Waals surface area contributed by atoms with Crippen LogP contribution in [0.3, 0.4) is 0 Å². The van der Waals surface area contributed by atoms with Gasteiger partial charge in [-0.3, -0.25) is 0 Å². The maximum atomic E-state index is 5.85. The third-order valence-electron chi connectivity index (χ3n) is 3.04. The van der Waals surface area contributed by atoms with E-state index in [1.165, 1.54) is 32.1 Å². The maximum absolute atomic E-state index is 5.85. The van der Waals surface area contributed by atoms with Gasteiger partial charge in [-0.1, -0.05) is 26.7 Å². The molecule has 0 aromatic carbocycles. The Labute approximate surface area is 75.3 Å². The summed E-state index contributed by atoms with van der Waals surface area (Å²) in [6, 6.07) is 0. The Kier molecular flexibility index (Phi) is 3.24. The Morgan fingerprint density at radius 1 is 1.27 bits per heavy atom. The third kappa shape index (κ3) is 1.90. The molecule has 1 atom stereocenters. The third-order valence-corrected chi connectivity index (χ3v) is 3.41. The van der Waals surface area contributed by atoms with Gasteiger partial charge in [0.05, 0.1) is 0 Å². The van der Waals surface area contributed by atoms with Gasteiger partial charge in [0.25, 0.3) is 0 Å². The predicted octanol–water partition coefficient (Wildman–Crippen LogP) is 3.83. The molecule has 0 bridgehead atoms. The van der Waals surface area contributed by atoms with Crippen molar-refractivity contribution in [2.24, 2.45) is 11.3 Å². The summed E-state index contributed by atoms with van der Waals surface area (Å²) in [5.41, 5.74) is 0.686. The summed E-state index contributed by atoms with van der Waals surface area (Å²) in [6.45, 7) is 4.56. The van der Waals surface area contributed by atoms with Crippen LogP contribution in [-0.2, 0) is 0 Å². The number of hydrogen-bond acceptors (Lipinski definition) is 0. The first-order chi connectivity index (χ1) is 5.29. The SMILES string of the molecule is CCCC1(CCC)CC1CCl. The van der Waals surface area contributed by atoms with Crippen LogP contribution in [-0.4, -0.2) is 5.88 Å². The lowest BCUT2D eigenvalue weighted by atomic mass is 9.93. The van der Waals surface area contributed by atoms with E-state index in [0.717, 1.165) is 11.8 Å². The zero-order chi connectivity index (χ0) is 8.32. The minimum Gasteiger partial charge on any atom is -0.126 e. The molecule has 11 heavy (non-hydrogen) atoms. The first-order valence-electron chi connectivity index (χ1n) is 4.85. The molecule has 1 aliphatic carbocycles. The molecule has 0 nitrogen and oxygen atoms in total. The lowest BCUT2D eigenvalue weighted by Gasteiger charge is -2.13. The molecule has 66 valence electrons. The Hall–Kier alpha value is 0.290. The van der Waals surface area contributed by atoms with Crippen LogP contribution in [0.25, 0.3) is 0 Å². The molecule has 1 unspecified atom stereocenters. The molecular formula is C10H19Cl. The van der Waals surface area contributed by atoms with Gasteiger partial charge in [0.15, 0.2) is 0 Å². The summed E-state index contributed by atoms with van der Waals surface area (Å²) >= 11 is 5.85. The second-order valence-corrected chi connectivity index (χ2v) is 4.23. The van der Waals surface area contributed by atoms with Crippen molar-refractivity contribution in [1.82, 2.24) is 0 Å². The topological polar surface area (TPSA) is 0 Å². The van der Waals surface area contributed by atoms with E-state index in [1.807, 2.05) is 0 Å². The lowest BCUT2D eigenvalue weighted by molar-refractivity contribution is 0.387. The number of hydrogen-bond donors (Lipinski definition) is 0. The Morgan fingerprint density at radius 2 is 1.82 bits per heavy atom. The van der Waals surface area contributed by atoms with E-state index in [-0.39, 0.29) is 0 Å². The van der Waals surface area contributed by atoms with Gasteiger partial charge in [0, 0.05) is 5.88 Å². The van der Waals surface area contributed by atoms with Gasteiger partial charge in [0.2, 0.25) is 0 Å². The average Bonchev–Trinajstić information content (AvgIpc) is 2.65. The van der Waals surface area contributed by atoms with Gasteiger partial charge in [-0.15, -0.1) is 11.6 Å². The first kappa shape index (κ1) is 9.38. The van der Waals surface area contributed by atoms with Crippen LogP contribution in [0.5, 0.6) is 0 Å². The van der Waals surface area contributed by atoms with Crippen molar-refractivity contribution in [2.45, 2.75) is 46.0 Å². The van der Waals surface area contributed by atoms with Crippen LogP contribution >= 0.6 is 11.6 Å². The van der Waals surface area contributed by atoms with Gasteiger partial charge in [-0.2, -0.15) is 0 Å². The summed E-state index contributed by atoms with van der Waals surface area (Å²) in [5, 5.41) is 0. The second-order valence-electron chi connectivity index (χ2n) is 3.92. The molecule has 0 saturated heterocycles. The summed E-state index contributed by atoms with van der Waals surface area (Å²) in [6.07, 6.45) is 6.86. The van der Waals surface area contributed by atoms with E-state index >= 15 is 0 Å². The molecule has 0 amide bonds. The van der Waals surface area contributed by atoms with Crippen LogP contribution in [0.4, 0.5) is 0 Å². The van der Waals surface area contributed by atoms with Crippen molar-refractivity contribution in [2.75, 3.05) is 5.88 Å². The number of halogens is 1. The molecule has 0 radical (unpaired) electrons. The van der Waals surface area contributed by atoms with E-state index in [9.17, 15) is 0 Å². The zero-order valence-corrected chi connectivity index (χ0v) is 8.45. The normalized spacial score (nSPS) is 27.0. The second kappa shape index (κ2) is 3.80. The average molecular weight is 175 g/mol. The molecule has 0 aromatic rings. The van der Waals surface area contributed by atoms with Gasteiger partial charge < -0.3 is 0 Å². The summed E-state index contributed by atoms with van der Waals surface area (Å²) < 4.78 is 0. The Bertz CT molecular complexity index is 114. The van der Waals surface area contributed by atoms with E-state index in [1.54, 1.807) is 0 Å². The van der Waals surface area contributed by atoms with Gasteiger partial charge >= 0.3 is 0 Å². The number of alkyl halides is 1. The Balaban J connectivity index is 2.35. The highest BCUT2D eigenvalue weighted by Crippen LogP contribution is 2.59.